The minimum absolute atomic E-state index is 0.401. The summed E-state index contributed by atoms with van der Waals surface area (Å²) in [6, 6.07) is 17.9. The van der Waals surface area contributed by atoms with Crippen molar-refractivity contribution in [3.05, 3.63) is 84.2 Å². The average Bonchev–Trinajstić information content (AvgIpc) is 2.73. The van der Waals surface area contributed by atoms with Crippen molar-refractivity contribution in [2.45, 2.75) is 13.1 Å². The molecule has 7 heteroatoms. The van der Waals surface area contributed by atoms with Crippen LogP contribution in [0.25, 0.3) is 33.8 Å². The Morgan fingerprint density at radius 2 is 1.47 bits per heavy atom. The van der Waals surface area contributed by atoms with Crippen LogP contribution in [0.15, 0.2) is 72.9 Å². The summed E-state index contributed by atoms with van der Waals surface area (Å²) in [6.07, 6.45) is -2.74. The van der Waals surface area contributed by atoms with Crippen LogP contribution in [0.5, 0.6) is 0 Å². The Labute approximate surface area is 171 Å². The van der Waals surface area contributed by atoms with E-state index < -0.39 is 11.7 Å². The molecule has 3 aromatic heterocycles. The monoisotopic (exact) mass is 406 g/mol. The third-order valence-electron chi connectivity index (χ3n) is 4.59. The maximum absolute atomic E-state index is 12.8. The smallest absolute Gasteiger partial charge is 0.384 e. The van der Waals surface area contributed by atoms with Gasteiger partial charge in [-0.25, -0.2) is 9.97 Å². The molecular weight excluding hydrogens is 389 g/mol. The number of nitrogens with two attached hydrogens (primary N) is 1. The second-order valence-electron chi connectivity index (χ2n) is 6.84. The number of anilines is 1. The second-order valence-corrected chi connectivity index (χ2v) is 6.84. The van der Waals surface area contributed by atoms with Crippen molar-refractivity contribution in [2.75, 3.05) is 5.73 Å². The molecule has 0 saturated heterocycles. The lowest BCUT2D eigenvalue weighted by Gasteiger charge is -2.10. The summed E-state index contributed by atoms with van der Waals surface area (Å²) >= 11 is 0. The normalized spacial score (nSPS) is 11.5. The van der Waals surface area contributed by atoms with E-state index in [0.29, 0.717) is 22.8 Å². The van der Waals surface area contributed by atoms with E-state index in [4.69, 9.17) is 5.73 Å². The van der Waals surface area contributed by atoms with E-state index in [1.165, 1.54) is 12.1 Å². The Hall–Kier alpha value is -3.74. The van der Waals surface area contributed by atoms with E-state index in [2.05, 4.69) is 15.0 Å². The number of nitrogens with zero attached hydrogens (tertiary/aromatic N) is 3. The van der Waals surface area contributed by atoms with Gasteiger partial charge in [-0.2, -0.15) is 13.2 Å². The van der Waals surface area contributed by atoms with Crippen LogP contribution >= 0.6 is 0 Å². The number of halogens is 3. The molecule has 0 spiro atoms. The number of hydrogen-bond acceptors (Lipinski definition) is 4. The van der Waals surface area contributed by atoms with E-state index in [0.717, 1.165) is 34.6 Å². The molecule has 0 saturated carbocycles. The predicted molar refractivity (Wildman–Crippen MR) is 110 cm³/mol. The van der Waals surface area contributed by atoms with Crippen molar-refractivity contribution >= 4 is 5.82 Å². The first kappa shape index (κ1) is 19.6. The maximum Gasteiger partial charge on any atom is 0.416 e. The van der Waals surface area contributed by atoms with Gasteiger partial charge in [-0.1, -0.05) is 18.2 Å². The summed E-state index contributed by atoms with van der Waals surface area (Å²) in [5, 5.41) is 0. The quantitative estimate of drug-likeness (QED) is 0.468. The summed E-state index contributed by atoms with van der Waals surface area (Å²) in [7, 11) is 0. The zero-order valence-corrected chi connectivity index (χ0v) is 16.0. The first-order valence-electron chi connectivity index (χ1n) is 9.15. The number of aryl methyl sites for hydroxylation is 1. The van der Waals surface area contributed by atoms with Crippen molar-refractivity contribution in [3.8, 4) is 33.8 Å². The van der Waals surface area contributed by atoms with Crippen molar-refractivity contribution in [1.82, 2.24) is 15.0 Å². The number of alkyl halides is 3. The van der Waals surface area contributed by atoms with Crippen molar-refractivity contribution < 1.29 is 13.2 Å². The molecule has 0 radical (unpaired) electrons. The molecule has 4 rings (SSSR count). The molecule has 3 heterocycles. The zero-order chi connectivity index (χ0) is 21.3. The SMILES string of the molecule is Cc1cc(-c2ccc(C(F)(F)F)cc2)cc(-c2cccc(-c3ccnc(N)c3)n2)n1. The Balaban J connectivity index is 1.73. The Kier molecular flexibility index (Phi) is 4.95. The second kappa shape index (κ2) is 7.59. The van der Waals surface area contributed by atoms with Crippen LogP contribution in [0, 0.1) is 6.92 Å². The van der Waals surface area contributed by atoms with Gasteiger partial charge in [0.15, 0.2) is 0 Å². The third kappa shape index (κ3) is 4.15. The van der Waals surface area contributed by atoms with Crippen LogP contribution in [0.2, 0.25) is 0 Å². The molecule has 0 amide bonds. The number of aromatic nitrogens is 3. The highest BCUT2D eigenvalue weighted by atomic mass is 19.4. The highest BCUT2D eigenvalue weighted by Gasteiger charge is 2.30. The molecule has 0 aliphatic heterocycles. The summed E-state index contributed by atoms with van der Waals surface area (Å²) in [5.41, 5.74) is 10.1. The standard InChI is InChI=1S/C23H17F3N4/c1-14-11-17(15-5-7-18(8-6-15)23(24,25)26)12-21(29-14)20-4-2-3-19(30-20)16-9-10-28-22(27)13-16/h2-13H,1H3,(H2,27,28). The lowest BCUT2D eigenvalue weighted by molar-refractivity contribution is -0.137. The third-order valence-corrected chi connectivity index (χ3v) is 4.59. The first-order chi connectivity index (χ1) is 14.3. The highest BCUT2D eigenvalue weighted by molar-refractivity contribution is 5.71. The minimum Gasteiger partial charge on any atom is -0.384 e. The molecule has 0 unspecified atom stereocenters. The van der Waals surface area contributed by atoms with Gasteiger partial charge in [-0.15, -0.1) is 0 Å². The highest BCUT2D eigenvalue weighted by Crippen LogP contribution is 2.32. The molecule has 0 aliphatic rings. The van der Waals surface area contributed by atoms with Gasteiger partial charge in [0.1, 0.15) is 5.82 Å². The maximum atomic E-state index is 12.8. The summed E-state index contributed by atoms with van der Waals surface area (Å²) < 4.78 is 38.5. The van der Waals surface area contributed by atoms with Crippen LogP contribution in [-0.4, -0.2) is 15.0 Å². The van der Waals surface area contributed by atoms with Crippen molar-refractivity contribution in [3.63, 3.8) is 0 Å². The van der Waals surface area contributed by atoms with Crippen LogP contribution in [0.1, 0.15) is 11.3 Å². The lowest BCUT2D eigenvalue weighted by atomic mass is 10.0. The molecule has 150 valence electrons. The van der Waals surface area contributed by atoms with E-state index in [-0.39, 0.29) is 0 Å². The molecule has 2 N–H and O–H groups in total. The van der Waals surface area contributed by atoms with Crippen LogP contribution in [0.3, 0.4) is 0 Å². The van der Waals surface area contributed by atoms with E-state index in [1.54, 1.807) is 12.3 Å². The number of pyridine rings is 3. The van der Waals surface area contributed by atoms with Gasteiger partial charge in [0.05, 0.1) is 22.6 Å². The van der Waals surface area contributed by atoms with Crippen LogP contribution < -0.4 is 5.73 Å². The van der Waals surface area contributed by atoms with Gasteiger partial charge in [0.2, 0.25) is 0 Å². The lowest BCUT2D eigenvalue weighted by Crippen LogP contribution is -2.04. The molecule has 0 atom stereocenters. The van der Waals surface area contributed by atoms with Crippen molar-refractivity contribution in [1.29, 1.82) is 0 Å². The fourth-order valence-electron chi connectivity index (χ4n) is 3.16. The number of benzene rings is 1. The van der Waals surface area contributed by atoms with Gasteiger partial charge in [-0.05, 0) is 66.6 Å². The molecule has 1 aromatic carbocycles. The first-order valence-corrected chi connectivity index (χ1v) is 9.15. The Morgan fingerprint density at radius 3 is 2.17 bits per heavy atom. The molecule has 0 fully saturated rings. The van der Waals surface area contributed by atoms with E-state index in [1.807, 2.05) is 43.3 Å². The van der Waals surface area contributed by atoms with E-state index >= 15 is 0 Å². The Bertz CT molecular complexity index is 1200. The van der Waals surface area contributed by atoms with Gasteiger partial charge < -0.3 is 5.73 Å². The fraction of sp³-hybridized carbons (Fsp3) is 0.0870. The molecule has 0 bridgehead atoms. The average molecular weight is 406 g/mol. The zero-order valence-electron chi connectivity index (χ0n) is 16.0. The fourth-order valence-corrected chi connectivity index (χ4v) is 3.16. The summed E-state index contributed by atoms with van der Waals surface area (Å²) in [4.78, 5) is 13.2. The summed E-state index contributed by atoms with van der Waals surface area (Å²) in [5.74, 6) is 0.401. The summed E-state index contributed by atoms with van der Waals surface area (Å²) in [6.45, 7) is 1.84. The molecule has 4 aromatic rings. The number of hydrogen-bond donors (Lipinski definition) is 1. The molecule has 4 nitrogen and oxygen atoms in total. The van der Waals surface area contributed by atoms with Gasteiger partial charge in [0, 0.05) is 17.5 Å². The predicted octanol–water partition coefficient (Wildman–Crippen LogP) is 5.78. The van der Waals surface area contributed by atoms with Crippen molar-refractivity contribution in [2.24, 2.45) is 0 Å². The number of rotatable bonds is 3. The molecular formula is C23H17F3N4. The van der Waals surface area contributed by atoms with Crippen LogP contribution in [0.4, 0.5) is 19.0 Å². The van der Waals surface area contributed by atoms with E-state index in [9.17, 15) is 13.2 Å². The van der Waals surface area contributed by atoms with Gasteiger partial charge >= 0.3 is 6.18 Å². The largest absolute Gasteiger partial charge is 0.416 e. The topological polar surface area (TPSA) is 64.7 Å². The number of nitrogen functional groups attached to an aromatic ring is 1. The van der Waals surface area contributed by atoms with Gasteiger partial charge in [0.25, 0.3) is 0 Å². The molecule has 30 heavy (non-hydrogen) atoms. The van der Waals surface area contributed by atoms with Gasteiger partial charge in [-0.3, -0.25) is 4.98 Å². The molecule has 0 aliphatic carbocycles. The Morgan fingerprint density at radius 1 is 0.733 bits per heavy atom. The minimum atomic E-state index is -4.36. The van der Waals surface area contributed by atoms with Crippen LogP contribution in [-0.2, 0) is 6.18 Å².